The normalized spacial score (nSPS) is 11.9. The van der Waals surface area contributed by atoms with E-state index in [-0.39, 0.29) is 0 Å². The molecule has 11 rings (SSSR count). The van der Waals surface area contributed by atoms with Gasteiger partial charge in [0.25, 0.3) is 0 Å². The zero-order valence-corrected chi connectivity index (χ0v) is 27.1. The second-order valence-corrected chi connectivity index (χ2v) is 12.8. The van der Waals surface area contributed by atoms with E-state index in [1.54, 1.807) is 0 Å². The van der Waals surface area contributed by atoms with Crippen LogP contribution in [-0.2, 0) is 0 Å². The zero-order chi connectivity index (χ0) is 33.5. The second kappa shape index (κ2) is 10.7. The average molecular weight is 655 g/mol. The predicted octanol–water partition coefficient (Wildman–Crippen LogP) is 11.8. The molecule has 4 aromatic heterocycles. The Hall–Kier alpha value is -7.05. The molecule has 0 bridgehead atoms. The number of hydrogen-bond donors (Lipinski definition) is 0. The molecule has 0 aliphatic heterocycles. The first-order valence-electron chi connectivity index (χ1n) is 16.9. The number of furan rings is 2. The van der Waals surface area contributed by atoms with Crippen LogP contribution in [0.5, 0.6) is 0 Å². The summed E-state index contributed by atoms with van der Waals surface area (Å²) in [6.45, 7) is 0. The quantitative estimate of drug-likeness (QED) is 0.189. The van der Waals surface area contributed by atoms with Gasteiger partial charge < -0.3 is 13.4 Å². The number of para-hydroxylation sites is 2. The maximum Gasteiger partial charge on any atom is 0.178 e. The lowest BCUT2D eigenvalue weighted by Crippen LogP contribution is -2.00. The molecule has 6 heteroatoms. The Labute approximate surface area is 290 Å². The molecule has 0 saturated carbocycles. The van der Waals surface area contributed by atoms with Crippen LogP contribution in [0.15, 0.2) is 167 Å². The van der Waals surface area contributed by atoms with Gasteiger partial charge in [0.05, 0.1) is 11.0 Å². The summed E-state index contributed by atoms with van der Waals surface area (Å²) in [4.78, 5) is 14.9. The Bertz CT molecular complexity index is 3030. The Balaban J connectivity index is 1.12. The summed E-state index contributed by atoms with van der Waals surface area (Å²) in [5.74, 6) is 1.81. The molecule has 0 aliphatic carbocycles. The third-order valence-corrected chi connectivity index (χ3v) is 9.87. The fourth-order valence-electron chi connectivity index (χ4n) is 7.56. The van der Waals surface area contributed by atoms with Crippen LogP contribution in [0.1, 0.15) is 0 Å². The fourth-order valence-corrected chi connectivity index (χ4v) is 7.56. The van der Waals surface area contributed by atoms with Gasteiger partial charge in [0.1, 0.15) is 11.2 Å². The number of fused-ring (bicyclic) bond motifs is 10. The van der Waals surface area contributed by atoms with E-state index in [0.717, 1.165) is 71.7 Å². The van der Waals surface area contributed by atoms with Crippen molar-refractivity contribution in [3.8, 4) is 39.9 Å². The number of nitrogens with zero attached hydrogens (tertiary/aromatic N) is 4. The first kappa shape index (κ1) is 27.9. The number of aromatic nitrogens is 4. The Morgan fingerprint density at radius 2 is 0.941 bits per heavy atom. The molecule has 0 saturated heterocycles. The van der Waals surface area contributed by atoms with Crippen LogP contribution in [0.25, 0.3) is 106 Å². The van der Waals surface area contributed by atoms with Crippen LogP contribution in [0.3, 0.4) is 0 Å². The van der Waals surface area contributed by atoms with Crippen molar-refractivity contribution in [1.29, 1.82) is 0 Å². The Morgan fingerprint density at radius 3 is 1.63 bits per heavy atom. The van der Waals surface area contributed by atoms with Gasteiger partial charge in [0.15, 0.2) is 28.6 Å². The highest BCUT2D eigenvalue weighted by atomic mass is 16.4. The van der Waals surface area contributed by atoms with Crippen LogP contribution < -0.4 is 0 Å². The average Bonchev–Trinajstić information content (AvgIpc) is 3.88. The van der Waals surface area contributed by atoms with E-state index in [1.807, 2.05) is 72.8 Å². The van der Waals surface area contributed by atoms with Gasteiger partial charge in [-0.25, -0.2) is 15.0 Å². The fraction of sp³-hybridized carbons (Fsp3) is 0. The lowest BCUT2D eigenvalue weighted by Gasteiger charge is -2.09. The van der Waals surface area contributed by atoms with Crippen molar-refractivity contribution in [1.82, 2.24) is 19.5 Å². The molecule has 0 N–H and O–H groups in total. The van der Waals surface area contributed by atoms with Crippen molar-refractivity contribution < 1.29 is 8.83 Å². The van der Waals surface area contributed by atoms with Gasteiger partial charge in [0, 0.05) is 60.8 Å². The number of benzene rings is 7. The molecule has 11 aromatic rings. The van der Waals surface area contributed by atoms with E-state index in [1.165, 1.54) is 10.8 Å². The molecule has 6 nitrogen and oxygen atoms in total. The van der Waals surface area contributed by atoms with Crippen molar-refractivity contribution >= 4 is 65.7 Å². The van der Waals surface area contributed by atoms with E-state index in [2.05, 4.69) is 89.5 Å². The van der Waals surface area contributed by atoms with Crippen molar-refractivity contribution in [2.45, 2.75) is 0 Å². The molecule has 51 heavy (non-hydrogen) atoms. The summed E-state index contributed by atoms with van der Waals surface area (Å²) < 4.78 is 15.7. The highest BCUT2D eigenvalue weighted by Crippen LogP contribution is 2.42. The van der Waals surface area contributed by atoms with Gasteiger partial charge in [0.2, 0.25) is 0 Å². The summed E-state index contributed by atoms with van der Waals surface area (Å²) in [7, 11) is 0. The monoisotopic (exact) mass is 654 g/mol. The first-order chi connectivity index (χ1) is 25.3. The molecular weight excluding hydrogens is 629 g/mol. The molecule has 0 atom stereocenters. The lowest BCUT2D eigenvalue weighted by atomic mass is 10.0. The summed E-state index contributed by atoms with van der Waals surface area (Å²) in [6.07, 6.45) is 0. The van der Waals surface area contributed by atoms with Crippen molar-refractivity contribution in [2.75, 3.05) is 0 Å². The molecule has 0 amide bonds. The van der Waals surface area contributed by atoms with E-state index in [0.29, 0.717) is 23.1 Å². The van der Waals surface area contributed by atoms with Gasteiger partial charge in [-0.1, -0.05) is 109 Å². The van der Waals surface area contributed by atoms with Gasteiger partial charge in [-0.2, -0.15) is 0 Å². The van der Waals surface area contributed by atoms with Crippen LogP contribution in [-0.4, -0.2) is 19.5 Å². The number of hydrogen-bond acceptors (Lipinski definition) is 5. The number of rotatable bonds is 4. The SMILES string of the molecule is c1ccc(-c2nc(-c3ccccc3)nc(-c3cccc4oc5c(ccc6c7ccc(-n8c9ccccc9c9ccccc98)cc7oc65)c34)n2)cc1. The highest BCUT2D eigenvalue weighted by Gasteiger charge is 2.21. The maximum absolute atomic E-state index is 6.71. The minimum absolute atomic E-state index is 0.580. The van der Waals surface area contributed by atoms with E-state index in [4.69, 9.17) is 23.8 Å². The molecule has 4 heterocycles. The molecule has 0 unspecified atom stereocenters. The minimum atomic E-state index is 0.580. The molecular formula is C45H26N4O2. The lowest BCUT2D eigenvalue weighted by molar-refractivity contribution is 0.633. The third kappa shape index (κ3) is 4.20. The van der Waals surface area contributed by atoms with Gasteiger partial charge >= 0.3 is 0 Å². The Morgan fingerprint density at radius 1 is 0.392 bits per heavy atom. The predicted molar refractivity (Wildman–Crippen MR) is 205 cm³/mol. The van der Waals surface area contributed by atoms with Crippen LogP contribution >= 0.6 is 0 Å². The molecule has 0 radical (unpaired) electrons. The summed E-state index contributed by atoms with van der Waals surface area (Å²) in [6, 6.07) is 53.9. The van der Waals surface area contributed by atoms with E-state index < -0.39 is 0 Å². The second-order valence-electron chi connectivity index (χ2n) is 12.8. The smallest absolute Gasteiger partial charge is 0.178 e. The molecule has 0 spiro atoms. The van der Waals surface area contributed by atoms with Crippen molar-refractivity contribution in [2.24, 2.45) is 0 Å². The van der Waals surface area contributed by atoms with E-state index >= 15 is 0 Å². The van der Waals surface area contributed by atoms with Crippen molar-refractivity contribution in [3.63, 3.8) is 0 Å². The zero-order valence-electron chi connectivity index (χ0n) is 27.1. The van der Waals surface area contributed by atoms with Crippen LogP contribution in [0.2, 0.25) is 0 Å². The van der Waals surface area contributed by atoms with Crippen LogP contribution in [0.4, 0.5) is 0 Å². The summed E-state index contributed by atoms with van der Waals surface area (Å²) in [5, 5.41) is 6.37. The van der Waals surface area contributed by atoms with E-state index in [9.17, 15) is 0 Å². The molecule has 0 fully saturated rings. The molecule has 0 aliphatic rings. The molecule has 7 aromatic carbocycles. The standard InChI is InChI=1S/C45H26N4O2/c1-3-12-27(13-4-1)43-46-44(28-14-5-2-6-15-28)48-45(47-43)35-18-11-21-38-40(35)34-25-24-33-32-23-22-29(26-39(32)51-41(33)42(34)50-38)49-36-19-9-7-16-30(36)31-17-8-10-20-37(31)49/h1-26H. The van der Waals surface area contributed by atoms with Crippen LogP contribution in [0, 0.1) is 0 Å². The largest absolute Gasteiger partial charge is 0.452 e. The first-order valence-corrected chi connectivity index (χ1v) is 16.9. The Kier molecular flexibility index (Phi) is 5.86. The maximum atomic E-state index is 6.71. The van der Waals surface area contributed by atoms with Crippen molar-refractivity contribution in [3.05, 3.63) is 158 Å². The summed E-state index contributed by atoms with van der Waals surface area (Å²) in [5.41, 5.74) is 9.03. The van der Waals surface area contributed by atoms with Gasteiger partial charge in [-0.3, -0.25) is 0 Å². The molecule has 238 valence electrons. The highest BCUT2D eigenvalue weighted by molar-refractivity contribution is 6.21. The topological polar surface area (TPSA) is 69.9 Å². The summed E-state index contributed by atoms with van der Waals surface area (Å²) >= 11 is 0. The third-order valence-electron chi connectivity index (χ3n) is 9.87. The van der Waals surface area contributed by atoms with Gasteiger partial charge in [-0.05, 0) is 42.5 Å². The van der Waals surface area contributed by atoms with Gasteiger partial charge in [-0.15, -0.1) is 0 Å². The minimum Gasteiger partial charge on any atom is -0.452 e.